The summed E-state index contributed by atoms with van der Waals surface area (Å²) >= 11 is 0. The van der Waals surface area contributed by atoms with E-state index in [1.54, 1.807) is 0 Å². The van der Waals surface area contributed by atoms with Gasteiger partial charge in [-0.05, 0) is 25.0 Å². The Bertz CT molecular complexity index is 697. The summed E-state index contributed by atoms with van der Waals surface area (Å²) < 4.78 is 62.0. The van der Waals surface area contributed by atoms with Gasteiger partial charge >= 0.3 is 6.18 Å². The number of alkyl halides is 3. The molecular formula is C15H22F3N5O2S. The Morgan fingerprint density at radius 2 is 1.38 bits per heavy atom. The lowest BCUT2D eigenvalue weighted by atomic mass is 10.3. The van der Waals surface area contributed by atoms with Gasteiger partial charge in [-0.3, -0.25) is 0 Å². The molecule has 11 heteroatoms. The molecule has 1 aromatic heterocycles. The summed E-state index contributed by atoms with van der Waals surface area (Å²) in [5.41, 5.74) is 0. The fourth-order valence-electron chi connectivity index (χ4n) is 3.17. The average Bonchev–Trinajstić information content (AvgIpc) is 3.15. The molecule has 3 rings (SSSR count). The predicted molar refractivity (Wildman–Crippen MR) is 91.7 cm³/mol. The quantitative estimate of drug-likeness (QED) is 0.755. The minimum atomic E-state index is -4.47. The van der Waals surface area contributed by atoms with Crippen LogP contribution in [0.25, 0.3) is 0 Å². The molecular weight excluding hydrogens is 371 g/mol. The lowest BCUT2D eigenvalue weighted by Crippen LogP contribution is -2.49. The van der Waals surface area contributed by atoms with Crippen LogP contribution < -0.4 is 9.80 Å². The largest absolute Gasteiger partial charge is 0.390 e. The average molecular weight is 393 g/mol. The molecule has 0 radical (unpaired) electrons. The van der Waals surface area contributed by atoms with Crippen molar-refractivity contribution in [1.82, 2.24) is 14.5 Å². The zero-order chi connectivity index (χ0) is 18.8. The highest BCUT2D eigenvalue weighted by Gasteiger charge is 2.33. The number of hydrogen-bond acceptors (Lipinski definition) is 6. The topological polar surface area (TPSA) is 69.6 Å². The van der Waals surface area contributed by atoms with Crippen LogP contribution in [0.1, 0.15) is 19.3 Å². The van der Waals surface area contributed by atoms with E-state index in [4.69, 9.17) is 0 Å². The fourth-order valence-corrected chi connectivity index (χ4v) is 4.64. The number of rotatable bonds is 5. The number of aromatic nitrogens is 2. The van der Waals surface area contributed by atoms with Crippen LogP contribution in [0.2, 0.25) is 0 Å². The fraction of sp³-hybridized carbons (Fsp3) is 0.733. The molecule has 0 spiro atoms. The van der Waals surface area contributed by atoms with E-state index in [9.17, 15) is 21.6 Å². The second-order valence-electron chi connectivity index (χ2n) is 6.51. The standard InChI is InChI=1S/C15H22F3N5O2S/c16-15(17,18)5-12-26(24,25)23-10-8-22(9-11-23)14-4-3-13(19-20-14)21-6-1-2-7-21/h3-4H,1-2,5-12H2. The van der Waals surface area contributed by atoms with Crippen molar-refractivity contribution in [2.45, 2.75) is 25.4 Å². The smallest absolute Gasteiger partial charge is 0.355 e. The molecule has 0 bridgehead atoms. The van der Waals surface area contributed by atoms with E-state index in [1.807, 2.05) is 17.0 Å². The normalized spacial score (nSPS) is 20.0. The molecule has 0 saturated carbocycles. The van der Waals surface area contributed by atoms with Crippen molar-refractivity contribution in [2.75, 3.05) is 54.8 Å². The first kappa shape index (κ1) is 19.2. The van der Waals surface area contributed by atoms with Crippen LogP contribution >= 0.6 is 0 Å². The monoisotopic (exact) mass is 393 g/mol. The van der Waals surface area contributed by atoms with Crippen molar-refractivity contribution < 1.29 is 21.6 Å². The van der Waals surface area contributed by atoms with E-state index >= 15 is 0 Å². The van der Waals surface area contributed by atoms with Crippen molar-refractivity contribution >= 4 is 21.7 Å². The van der Waals surface area contributed by atoms with Crippen molar-refractivity contribution in [3.8, 4) is 0 Å². The minimum Gasteiger partial charge on any atom is -0.355 e. The third-order valence-corrected chi connectivity index (χ3v) is 6.54. The van der Waals surface area contributed by atoms with Crippen molar-refractivity contribution in [3.05, 3.63) is 12.1 Å². The van der Waals surface area contributed by atoms with Crippen molar-refractivity contribution in [2.24, 2.45) is 0 Å². The second kappa shape index (κ2) is 7.55. The molecule has 2 fully saturated rings. The lowest BCUT2D eigenvalue weighted by Gasteiger charge is -2.34. The van der Waals surface area contributed by atoms with Gasteiger partial charge < -0.3 is 9.80 Å². The molecule has 0 atom stereocenters. The zero-order valence-corrected chi connectivity index (χ0v) is 15.1. The Labute approximate surface area is 150 Å². The Morgan fingerprint density at radius 1 is 0.885 bits per heavy atom. The number of sulfonamides is 1. The van der Waals surface area contributed by atoms with E-state index in [1.165, 1.54) is 0 Å². The van der Waals surface area contributed by atoms with Crippen LogP contribution in [0.15, 0.2) is 12.1 Å². The van der Waals surface area contributed by atoms with Gasteiger partial charge in [0.15, 0.2) is 11.6 Å². The van der Waals surface area contributed by atoms with Crippen molar-refractivity contribution in [3.63, 3.8) is 0 Å². The zero-order valence-electron chi connectivity index (χ0n) is 14.3. The first-order valence-corrected chi connectivity index (χ1v) is 10.2. The molecule has 26 heavy (non-hydrogen) atoms. The van der Waals surface area contributed by atoms with Gasteiger partial charge in [-0.25, -0.2) is 8.42 Å². The summed E-state index contributed by atoms with van der Waals surface area (Å²) in [6.07, 6.45) is -3.50. The molecule has 2 aliphatic heterocycles. The van der Waals surface area contributed by atoms with E-state index < -0.39 is 28.4 Å². The van der Waals surface area contributed by atoms with E-state index in [0.29, 0.717) is 18.9 Å². The van der Waals surface area contributed by atoms with E-state index in [2.05, 4.69) is 15.1 Å². The Morgan fingerprint density at radius 3 is 1.85 bits per heavy atom. The van der Waals surface area contributed by atoms with Crippen LogP contribution in [0, 0.1) is 0 Å². The molecule has 0 aliphatic carbocycles. The molecule has 0 N–H and O–H groups in total. The number of halogens is 3. The third-order valence-electron chi connectivity index (χ3n) is 4.67. The molecule has 7 nitrogen and oxygen atoms in total. The van der Waals surface area contributed by atoms with Gasteiger partial charge in [0.1, 0.15) is 0 Å². The van der Waals surface area contributed by atoms with Gasteiger partial charge in [-0.2, -0.15) is 17.5 Å². The van der Waals surface area contributed by atoms with E-state index in [-0.39, 0.29) is 13.1 Å². The van der Waals surface area contributed by atoms with Gasteiger partial charge in [0.05, 0.1) is 12.2 Å². The molecule has 0 amide bonds. The van der Waals surface area contributed by atoms with Crippen LogP contribution in [0.5, 0.6) is 0 Å². The first-order chi connectivity index (χ1) is 12.2. The Balaban J connectivity index is 1.54. The molecule has 2 aliphatic rings. The molecule has 0 aromatic carbocycles. The third kappa shape index (κ3) is 4.76. The number of piperazine rings is 1. The summed E-state index contributed by atoms with van der Waals surface area (Å²) in [6.45, 7) is 3.00. The summed E-state index contributed by atoms with van der Waals surface area (Å²) in [5, 5.41) is 8.46. The highest BCUT2D eigenvalue weighted by atomic mass is 32.2. The molecule has 2 saturated heterocycles. The molecule has 146 valence electrons. The Hall–Kier alpha value is -1.62. The second-order valence-corrected chi connectivity index (χ2v) is 8.60. The first-order valence-electron chi connectivity index (χ1n) is 8.63. The van der Waals surface area contributed by atoms with Gasteiger partial charge in [0, 0.05) is 39.3 Å². The SMILES string of the molecule is O=S(=O)(CCC(F)(F)F)N1CCN(c2ccc(N3CCCC3)nn2)CC1. The maximum absolute atomic E-state index is 12.3. The lowest BCUT2D eigenvalue weighted by molar-refractivity contribution is -0.130. The van der Waals surface area contributed by atoms with Gasteiger partial charge in [-0.15, -0.1) is 10.2 Å². The van der Waals surface area contributed by atoms with Gasteiger partial charge in [0.25, 0.3) is 0 Å². The summed E-state index contributed by atoms with van der Waals surface area (Å²) in [7, 11) is -3.90. The predicted octanol–water partition coefficient (Wildman–Crippen LogP) is 1.48. The maximum atomic E-state index is 12.3. The van der Waals surface area contributed by atoms with Crippen LogP contribution in [0.4, 0.5) is 24.8 Å². The number of anilines is 2. The molecule has 3 heterocycles. The maximum Gasteiger partial charge on any atom is 0.390 e. The van der Waals surface area contributed by atoms with Crippen LogP contribution in [-0.4, -0.2) is 74.1 Å². The van der Waals surface area contributed by atoms with Crippen LogP contribution in [-0.2, 0) is 10.0 Å². The minimum absolute atomic E-state index is 0.149. The number of nitrogens with zero attached hydrogens (tertiary/aromatic N) is 5. The van der Waals surface area contributed by atoms with E-state index in [0.717, 1.165) is 36.1 Å². The van der Waals surface area contributed by atoms with Crippen molar-refractivity contribution in [1.29, 1.82) is 0 Å². The Kier molecular flexibility index (Phi) is 5.56. The highest BCUT2D eigenvalue weighted by Crippen LogP contribution is 2.23. The molecule has 1 aromatic rings. The number of hydrogen-bond donors (Lipinski definition) is 0. The van der Waals surface area contributed by atoms with Gasteiger partial charge in [0.2, 0.25) is 10.0 Å². The highest BCUT2D eigenvalue weighted by molar-refractivity contribution is 7.89. The van der Waals surface area contributed by atoms with Gasteiger partial charge in [-0.1, -0.05) is 0 Å². The molecule has 0 unspecified atom stereocenters. The summed E-state index contributed by atoms with van der Waals surface area (Å²) in [6, 6.07) is 3.76. The van der Waals surface area contributed by atoms with Crippen LogP contribution in [0.3, 0.4) is 0 Å². The summed E-state index contributed by atoms with van der Waals surface area (Å²) in [5.74, 6) is 0.584. The summed E-state index contributed by atoms with van der Waals surface area (Å²) in [4.78, 5) is 4.07.